The summed E-state index contributed by atoms with van der Waals surface area (Å²) in [6.45, 7) is 0.517. The van der Waals surface area contributed by atoms with Crippen LogP contribution in [-0.2, 0) is 11.3 Å². The molecule has 0 spiro atoms. The zero-order valence-electron chi connectivity index (χ0n) is 9.70. The highest BCUT2D eigenvalue weighted by Gasteiger charge is 2.33. The van der Waals surface area contributed by atoms with Crippen molar-refractivity contribution < 1.29 is 9.90 Å². The maximum atomic E-state index is 11.9. The Kier molecular flexibility index (Phi) is 3.31. The second-order valence-corrected chi connectivity index (χ2v) is 4.01. The second-order valence-electron chi connectivity index (χ2n) is 4.01. The first-order valence-corrected chi connectivity index (χ1v) is 5.54. The Hall–Kier alpha value is -2.31. The standard InChI is InChI=1S/C12H12N4O2/c1-2-9-5-11(18)15(8-9)12-10(6-13)7-14-16(12)3-4-17/h1,7,9,17H,3-5,8H2. The SMILES string of the molecule is C#CC1CC(=O)N(c2c(C#N)cnn2CCO)C1. The summed E-state index contributed by atoms with van der Waals surface area (Å²) >= 11 is 0. The van der Waals surface area contributed by atoms with E-state index in [-0.39, 0.29) is 31.4 Å². The van der Waals surface area contributed by atoms with Gasteiger partial charge in [-0.25, -0.2) is 4.68 Å². The summed E-state index contributed by atoms with van der Waals surface area (Å²) < 4.78 is 1.45. The molecule has 1 amide bonds. The maximum Gasteiger partial charge on any atom is 0.229 e. The number of nitriles is 1. The molecule has 2 heterocycles. The van der Waals surface area contributed by atoms with Crippen LogP contribution in [0.5, 0.6) is 0 Å². The fourth-order valence-electron chi connectivity index (χ4n) is 2.02. The number of aromatic nitrogens is 2. The van der Waals surface area contributed by atoms with Crippen LogP contribution in [-0.4, -0.2) is 33.9 Å². The lowest BCUT2D eigenvalue weighted by molar-refractivity contribution is -0.117. The summed E-state index contributed by atoms with van der Waals surface area (Å²) in [5.74, 6) is 2.72. The third-order valence-corrected chi connectivity index (χ3v) is 2.86. The number of aliphatic hydroxyl groups excluding tert-OH is 1. The van der Waals surface area contributed by atoms with E-state index in [2.05, 4.69) is 11.0 Å². The van der Waals surface area contributed by atoms with Gasteiger partial charge < -0.3 is 5.11 Å². The van der Waals surface area contributed by atoms with E-state index in [1.165, 1.54) is 15.8 Å². The summed E-state index contributed by atoms with van der Waals surface area (Å²) in [6.07, 6.45) is 7.00. The van der Waals surface area contributed by atoms with Gasteiger partial charge in [-0.2, -0.15) is 10.4 Å². The first-order valence-electron chi connectivity index (χ1n) is 5.54. The monoisotopic (exact) mass is 244 g/mol. The van der Waals surface area contributed by atoms with Gasteiger partial charge in [0.15, 0.2) is 5.82 Å². The zero-order chi connectivity index (χ0) is 13.1. The number of hydrogen-bond donors (Lipinski definition) is 1. The molecule has 2 rings (SSSR count). The molecule has 6 nitrogen and oxygen atoms in total. The maximum absolute atomic E-state index is 11.9. The fraction of sp³-hybridized carbons (Fsp3) is 0.417. The van der Waals surface area contributed by atoms with Crippen LogP contribution in [0.15, 0.2) is 6.20 Å². The largest absolute Gasteiger partial charge is 0.394 e. The van der Waals surface area contributed by atoms with Crippen molar-refractivity contribution in [1.82, 2.24) is 9.78 Å². The molecular weight excluding hydrogens is 232 g/mol. The predicted octanol–water partition coefficient (Wildman–Crippen LogP) is -0.267. The number of amides is 1. The van der Waals surface area contributed by atoms with Crippen LogP contribution in [0.25, 0.3) is 0 Å². The number of carbonyl (C=O) groups is 1. The molecule has 0 bridgehead atoms. The normalized spacial score (nSPS) is 18.7. The summed E-state index contributed by atoms with van der Waals surface area (Å²) in [4.78, 5) is 13.4. The van der Waals surface area contributed by atoms with Gasteiger partial charge in [0.1, 0.15) is 11.6 Å². The summed E-state index contributed by atoms with van der Waals surface area (Å²) in [5.41, 5.74) is 0.314. The van der Waals surface area contributed by atoms with Crippen molar-refractivity contribution in [3.8, 4) is 18.4 Å². The van der Waals surface area contributed by atoms with Crippen LogP contribution in [0.1, 0.15) is 12.0 Å². The van der Waals surface area contributed by atoms with Crippen LogP contribution >= 0.6 is 0 Å². The molecule has 1 atom stereocenters. The van der Waals surface area contributed by atoms with Crippen molar-refractivity contribution in [3.63, 3.8) is 0 Å². The number of hydrogen-bond acceptors (Lipinski definition) is 4. The van der Waals surface area contributed by atoms with Gasteiger partial charge in [-0.05, 0) is 0 Å². The van der Waals surface area contributed by atoms with E-state index in [0.717, 1.165) is 0 Å². The minimum atomic E-state index is -0.137. The quantitative estimate of drug-likeness (QED) is 0.742. The Bertz CT molecular complexity index is 549. The van der Waals surface area contributed by atoms with Crippen molar-refractivity contribution >= 4 is 11.7 Å². The average Bonchev–Trinajstić information content (AvgIpc) is 2.92. The molecule has 18 heavy (non-hydrogen) atoms. The Morgan fingerprint density at radius 1 is 1.67 bits per heavy atom. The molecule has 92 valence electrons. The van der Waals surface area contributed by atoms with Crippen LogP contribution in [0.2, 0.25) is 0 Å². The highest BCUT2D eigenvalue weighted by atomic mass is 16.3. The third kappa shape index (κ3) is 1.94. The molecule has 1 aromatic heterocycles. The summed E-state index contributed by atoms with van der Waals surface area (Å²) in [6, 6.07) is 1.99. The van der Waals surface area contributed by atoms with Gasteiger partial charge in [0.25, 0.3) is 0 Å². The number of anilines is 1. The van der Waals surface area contributed by atoms with Crippen molar-refractivity contribution in [3.05, 3.63) is 11.8 Å². The topological polar surface area (TPSA) is 82.2 Å². The smallest absolute Gasteiger partial charge is 0.229 e. The van der Waals surface area contributed by atoms with Crippen molar-refractivity contribution in [1.29, 1.82) is 5.26 Å². The van der Waals surface area contributed by atoms with Gasteiger partial charge in [-0.1, -0.05) is 0 Å². The van der Waals surface area contributed by atoms with Crippen LogP contribution in [0.4, 0.5) is 5.82 Å². The highest BCUT2D eigenvalue weighted by molar-refractivity contribution is 5.96. The number of aliphatic hydroxyl groups is 1. The van der Waals surface area contributed by atoms with Gasteiger partial charge in [0.2, 0.25) is 5.91 Å². The number of nitrogens with zero attached hydrogens (tertiary/aromatic N) is 4. The third-order valence-electron chi connectivity index (χ3n) is 2.86. The van der Waals surface area contributed by atoms with E-state index in [4.69, 9.17) is 16.8 Å². The van der Waals surface area contributed by atoms with E-state index in [0.29, 0.717) is 17.9 Å². The summed E-state index contributed by atoms with van der Waals surface area (Å²) in [5, 5.41) is 22.0. The van der Waals surface area contributed by atoms with E-state index in [1.54, 1.807) is 0 Å². The predicted molar refractivity (Wildman–Crippen MR) is 63.3 cm³/mol. The Labute approximate surface area is 104 Å². The minimum absolute atomic E-state index is 0.111. The first-order chi connectivity index (χ1) is 8.71. The van der Waals surface area contributed by atoms with Crippen molar-refractivity contribution in [2.45, 2.75) is 13.0 Å². The molecule has 1 N–H and O–H groups in total. The number of rotatable bonds is 3. The summed E-state index contributed by atoms with van der Waals surface area (Å²) in [7, 11) is 0. The van der Waals surface area contributed by atoms with Crippen LogP contribution < -0.4 is 4.90 Å². The molecule has 1 aromatic rings. The lowest BCUT2D eigenvalue weighted by Gasteiger charge is -2.17. The highest BCUT2D eigenvalue weighted by Crippen LogP contribution is 2.27. The van der Waals surface area contributed by atoms with Gasteiger partial charge >= 0.3 is 0 Å². The van der Waals surface area contributed by atoms with Crippen molar-refractivity contribution in [2.75, 3.05) is 18.1 Å². The Balaban J connectivity index is 2.38. The molecule has 6 heteroatoms. The number of terminal acetylenes is 1. The lowest BCUT2D eigenvalue weighted by Crippen LogP contribution is -2.28. The van der Waals surface area contributed by atoms with E-state index < -0.39 is 0 Å². The lowest BCUT2D eigenvalue weighted by atomic mass is 10.1. The van der Waals surface area contributed by atoms with E-state index in [9.17, 15) is 4.79 Å². The van der Waals surface area contributed by atoms with Gasteiger partial charge in [0.05, 0.1) is 19.3 Å². The molecule has 1 fully saturated rings. The van der Waals surface area contributed by atoms with E-state index in [1.807, 2.05) is 6.07 Å². The first kappa shape index (κ1) is 12.2. The van der Waals surface area contributed by atoms with E-state index >= 15 is 0 Å². The molecule has 0 aliphatic carbocycles. The van der Waals surface area contributed by atoms with Crippen LogP contribution in [0.3, 0.4) is 0 Å². The molecule has 1 aliphatic heterocycles. The number of carbonyl (C=O) groups excluding carboxylic acids is 1. The van der Waals surface area contributed by atoms with Gasteiger partial charge in [0, 0.05) is 18.9 Å². The minimum Gasteiger partial charge on any atom is -0.394 e. The van der Waals surface area contributed by atoms with Gasteiger partial charge in [-0.15, -0.1) is 12.3 Å². The second kappa shape index (κ2) is 4.91. The average molecular weight is 244 g/mol. The Morgan fingerprint density at radius 3 is 3.00 bits per heavy atom. The molecule has 1 aliphatic rings. The Morgan fingerprint density at radius 2 is 2.44 bits per heavy atom. The molecular formula is C12H12N4O2. The molecule has 0 radical (unpaired) electrons. The molecule has 0 saturated carbocycles. The fourth-order valence-corrected chi connectivity index (χ4v) is 2.02. The zero-order valence-corrected chi connectivity index (χ0v) is 9.70. The molecule has 1 unspecified atom stereocenters. The van der Waals surface area contributed by atoms with Crippen LogP contribution in [0, 0.1) is 29.6 Å². The van der Waals surface area contributed by atoms with Gasteiger partial charge in [-0.3, -0.25) is 9.69 Å². The molecule has 0 aromatic carbocycles. The van der Waals surface area contributed by atoms with Crippen molar-refractivity contribution in [2.24, 2.45) is 5.92 Å². The molecule has 1 saturated heterocycles.